The van der Waals surface area contributed by atoms with E-state index in [0.717, 1.165) is 5.56 Å². The maximum atomic E-state index is 13.5. The van der Waals surface area contributed by atoms with Gasteiger partial charge >= 0.3 is 6.03 Å². The molecule has 2 aromatic carbocycles. The number of carbonyl (C=O) groups excluding carboxylic acids is 2. The number of non-ortho nitro benzene ring substituents is 1. The van der Waals surface area contributed by atoms with Crippen LogP contribution in [0.1, 0.15) is 37.4 Å². The number of ether oxygens (including phenoxy) is 2. The number of nitro groups is 1. The van der Waals surface area contributed by atoms with Gasteiger partial charge in [-0.1, -0.05) is 12.1 Å². The summed E-state index contributed by atoms with van der Waals surface area (Å²) >= 11 is 0. The van der Waals surface area contributed by atoms with Gasteiger partial charge in [0.15, 0.2) is 0 Å². The molecule has 36 heavy (non-hydrogen) atoms. The molecule has 0 spiro atoms. The van der Waals surface area contributed by atoms with Gasteiger partial charge in [0, 0.05) is 38.2 Å². The molecule has 1 atom stereocenters. The summed E-state index contributed by atoms with van der Waals surface area (Å²) in [6, 6.07) is 12.5. The third kappa shape index (κ3) is 6.57. The molecular formula is C25H31N5O6. The molecule has 11 nitrogen and oxygen atoms in total. The van der Waals surface area contributed by atoms with Crippen LogP contribution in [0.2, 0.25) is 0 Å². The van der Waals surface area contributed by atoms with E-state index in [2.05, 4.69) is 10.4 Å². The van der Waals surface area contributed by atoms with Crippen LogP contribution in [-0.2, 0) is 9.53 Å². The minimum absolute atomic E-state index is 0.0260. The van der Waals surface area contributed by atoms with Gasteiger partial charge in [-0.2, -0.15) is 5.10 Å². The maximum Gasteiger partial charge on any atom is 0.318 e. The van der Waals surface area contributed by atoms with E-state index in [-0.39, 0.29) is 43.4 Å². The highest BCUT2D eigenvalue weighted by Gasteiger charge is 2.34. The number of carbonyl (C=O) groups is 2. The lowest BCUT2D eigenvalue weighted by atomic mass is 9.98. The lowest BCUT2D eigenvalue weighted by Gasteiger charge is -2.27. The summed E-state index contributed by atoms with van der Waals surface area (Å²) in [5.41, 5.74) is 2.12. The third-order valence-corrected chi connectivity index (χ3v) is 5.67. The van der Waals surface area contributed by atoms with Crippen molar-refractivity contribution in [2.45, 2.75) is 32.4 Å². The zero-order chi connectivity index (χ0) is 26.2. The fraction of sp³-hybridized carbons (Fsp3) is 0.400. The quantitative estimate of drug-likeness (QED) is 0.396. The monoisotopic (exact) mass is 497 g/mol. The molecule has 0 bridgehead atoms. The van der Waals surface area contributed by atoms with E-state index in [1.54, 1.807) is 19.2 Å². The number of amides is 3. The van der Waals surface area contributed by atoms with Crippen LogP contribution in [0.25, 0.3) is 0 Å². The molecule has 1 unspecified atom stereocenters. The lowest BCUT2D eigenvalue weighted by molar-refractivity contribution is -0.384. The third-order valence-electron chi connectivity index (χ3n) is 5.67. The summed E-state index contributed by atoms with van der Waals surface area (Å²) < 4.78 is 10.4. The highest BCUT2D eigenvalue weighted by Crippen LogP contribution is 2.34. The van der Waals surface area contributed by atoms with Gasteiger partial charge in [0.2, 0.25) is 0 Å². The molecule has 0 fully saturated rings. The zero-order valence-corrected chi connectivity index (χ0v) is 20.8. The van der Waals surface area contributed by atoms with Crippen LogP contribution < -0.4 is 10.1 Å². The minimum atomic E-state index is -0.465. The van der Waals surface area contributed by atoms with Gasteiger partial charge in [0.25, 0.3) is 11.6 Å². The standard InChI is InChI=1S/C25H31N5O6/c1-17(2)26-25(32)28(13-14-35-3)16-24(31)29-23(19-7-11-21(36-4)12-8-19)15-22(27-29)18-5-9-20(10-6-18)30(33)34/h5-12,17,23H,13-16H2,1-4H3,(H,26,32). The second kappa shape index (κ2) is 12.1. The van der Waals surface area contributed by atoms with Crippen molar-refractivity contribution in [2.75, 3.05) is 33.9 Å². The molecule has 0 radical (unpaired) electrons. The molecule has 192 valence electrons. The molecule has 2 aromatic rings. The Balaban J connectivity index is 1.90. The van der Waals surface area contributed by atoms with Crippen LogP contribution >= 0.6 is 0 Å². The second-order valence-electron chi connectivity index (χ2n) is 8.60. The van der Waals surface area contributed by atoms with Crippen LogP contribution in [-0.4, -0.2) is 72.4 Å². The number of hydrogen-bond acceptors (Lipinski definition) is 7. The summed E-state index contributed by atoms with van der Waals surface area (Å²) in [4.78, 5) is 38.1. The SMILES string of the molecule is COCCN(CC(=O)N1N=C(c2ccc([N+](=O)[O-])cc2)CC1c1ccc(OC)cc1)C(=O)NC(C)C. The number of benzene rings is 2. The van der Waals surface area contributed by atoms with E-state index in [1.165, 1.54) is 29.2 Å². The van der Waals surface area contributed by atoms with Gasteiger partial charge in [0.1, 0.15) is 12.3 Å². The summed E-state index contributed by atoms with van der Waals surface area (Å²) in [6.07, 6.45) is 0.409. The summed E-state index contributed by atoms with van der Waals surface area (Å²) in [6.45, 7) is 4.01. The molecular weight excluding hydrogens is 466 g/mol. The Hall–Kier alpha value is -3.99. The van der Waals surface area contributed by atoms with Gasteiger partial charge < -0.3 is 19.7 Å². The lowest BCUT2D eigenvalue weighted by Crippen LogP contribution is -2.48. The van der Waals surface area contributed by atoms with Gasteiger partial charge in [-0.15, -0.1) is 0 Å². The van der Waals surface area contributed by atoms with Crippen LogP contribution in [0.4, 0.5) is 10.5 Å². The molecule has 0 saturated carbocycles. The maximum absolute atomic E-state index is 13.5. The first-order valence-electron chi connectivity index (χ1n) is 11.6. The Morgan fingerprint density at radius 1 is 1.17 bits per heavy atom. The van der Waals surface area contributed by atoms with Crippen molar-refractivity contribution in [2.24, 2.45) is 5.10 Å². The largest absolute Gasteiger partial charge is 0.497 e. The number of methoxy groups -OCH3 is 2. The van der Waals surface area contributed by atoms with E-state index in [9.17, 15) is 19.7 Å². The Bertz CT molecular complexity index is 1100. The summed E-state index contributed by atoms with van der Waals surface area (Å²) in [5, 5.41) is 19.8. The molecule has 0 aliphatic carbocycles. The Morgan fingerprint density at radius 2 is 1.83 bits per heavy atom. The number of nitro benzene ring substituents is 1. The first-order chi connectivity index (χ1) is 17.2. The van der Waals surface area contributed by atoms with Gasteiger partial charge in [-0.05, 0) is 49.2 Å². The van der Waals surface area contributed by atoms with E-state index in [1.807, 2.05) is 38.1 Å². The Labute approximate surface area is 209 Å². The summed E-state index contributed by atoms with van der Waals surface area (Å²) in [5.74, 6) is 0.324. The highest BCUT2D eigenvalue weighted by atomic mass is 16.6. The van der Waals surface area contributed by atoms with E-state index in [0.29, 0.717) is 23.4 Å². The normalized spacial score (nSPS) is 15.0. The molecule has 11 heteroatoms. The van der Waals surface area contributed by atoms with Crippen molar-refractivity contribution in [1.82, 2.24) is 15.2 Å². The van der Waals surface area contributed by atoms with Gasteiger partial charge in [-0.25, -0.2) is 9.80 Å². The number of hydrogen-bond donors (Lipinski definition) is 1. The molecule has 1 aliphatic rings. The number of nitrogens with one attached hydrogen (secondary N) is 1. The van der Waals surface area contributed by atoms with Crippen LogP contribution in [0, 0.1) is 10.1 Å². The summed E-state index contributed by atoms with van der Waals surface area (Å²) in [7, 11) is 3.11. The Kier molecular flexibility index (Phi) is 8.96. The first kappa shape index (κ1) is 26.6. The van der Waals surface area contributed by atoms with Crippen LogP contribution in [0.5, 0.6) is 5.75 Å². The number of hydrazone groups is 1. The molecule has 0 aromatic heterocycles. The van der Waals surface area contributed by atoms with E-state index >= 15 is 0 Å². The fourth-order valence-electron chi connectivity index (χ4n) is 3.80. The van der Waals surface area contributed by atoms with E-state index in [4.69, 9.17) is 9.47 Å². The number of rotatable bonds is 10. The number of nitrogens with zero attached hydrogens (tertiary/aromatic N) is 4. The highest BCUT2D eigenvalue weighted by molar-refractivity contribution is 6.03. The van der Waals surface area contributed by atoms with Gasteiger partial charge in [0.05, 0.1) is 30.4 Å². The van der Waals surface area contributed by atoms with Crippen molar-refractivity contribution >= 4 is 23.3 Å². The molecule has 3 amide bonds. The van der Waals surface area contributed by atoms with Crippen molar-refractivity contribution in [3.63, 3.8) is 0 Å². The minimum Gasteiger partial charge on any atom is -0.497 e. The molecule has 1 heterocycles. The second-order valence-corrected chi connectivity index (χ2v) is 8.60. The van der Waals surface area contributed by atoms with Crippen molar-refractivity contribution in [3.8, 4) is 5.75 Å². The van der Waals surface area contributed by atoms with Crippen molar-refractivity contribution in [1.29, 1.82) is 0 Å². The zero-order valence-electron chi connectivity index (χ0n) is 20.8. The van der Waals surface area contributed by atoms with Crippen molar-refractivity contribution in [3.05, 3.63) is 69.8 Å². The predicted molar refractivity (Wildman–Crippen MR) is 134 cm³/mol. The molecule has 1 aliphatic heterocycles. The molecule has 0 saturated heterocycles. The number of urea groups is 1. The average molecular weight is 498 g/mol. The van der Waals surface area contributed by atoms with E-state index < -0.39 is 11.0 Å². The van der Waals surface area contributed by atoms with Crippen LogP contribution in [0.15, 0.2) is 53.6 Å². The molecule has 1 N–H and O–H groups in total. The van der Waals surface area contributed by atoms with Crippen molar-refractivity contribution < 1.29 is 24.0 Å². The Morgan fingerprint density at radius 3 is 2.39 bits per heavy atom. The van der Waals surface area contributed by atoms with Crippen LogP contribution in [0.3, 0.4) is 0 Å². The van der Waals surface area contributed by atoms with Gasteiger partial charge in [-0.3, -0.25) is 14.9 Å². The topological polar surface area (TPSA) is 127 Å². The molecule has 3 rings (SSSR count). The first-order valence-corrected chi connectivity index (χ1v) is 11.6. The smallest absolute Gasteiger partial charge is 0.318 e. The average Bonchev–Trinajstić information content (AvgIpc) is 3.31. The fourth-order valence-corrected chi connectivity index (χ4v) is 3.80. The predicted octanol–water partition coefficient (Wildman–Crippen LogP) is 3.35.